The van der Waals surface area contributed by atoms with E-state index in [0.717, 1.165) is 36.1 Å². The molecule has 1 aromatic heterocycles. The molecule has 160 valence electrons. The highest BCUT2D eigenvalue weighted by Crippen LogP contribution is 2.40. The fourth-order valence-corrected chi connectivity index (χ4v) is 4.31. The number of carbonyl (C=O) groups excluding carboxylic acids is 1. The molecule has 1 aliphatic carbocycles. The third kappa shape index (κ3) is 4.85. The molecule has 1 amide bonds. The van der Waals surface area contributed by atoms with Gasteiger partial charge in [0.15, 0.2) is 16.7 Å². The Morgan fingerprint density at radius 1 is 1.06 bits per heavy atom. The molecule has 2 aromatic carbocycles. The SMILES string of the molecule is O=C(CSc1nnc(C2CC2)n1Cc1ccccc1)NC[C@@H]1COc2ccccc2O1. The second kappa shape index (κ2) is 9.01. The number of carbonyl (C=O) groups is 1. The van der Waals surface area contributed by atoms with Crippen molar-refractivity contribution in [3.05, 3.63) is 66.0 Å². The van der Waals surface area contributed by atoms with E-state index >= 15 is 0 Å². The van der Waals surface area contributed by atoms with Crippen molar-refractivity contribution >= 4 is 17.7 Å². The van der Waals surface area contributed by atoms with E-state index in [2.05, 4.69) is 32.2 Å². The molecular weight excluding hydrogens is 412 g/mol. The fraction of sp³-hybridized carbons (Fsp3) is 0.348. The highest BCUT2D eigenvalue weighted by molar-refractivity contribution is 7.99. The van der Waals surface area contributed by atoms with Crippen LogP contribution in [-0.2, 0) is 11.3 Å². The van der Waals surface area contributed by atoms with E-state index in [0.29, 0.717) is 24.8 Å². The summed E-state index contributed by atoms with van der Waals surface area (Å²) in [5, 5.41) is 12.5. The normalized spacial score (nSPS) is 17.4. The standard InChI is InChI=1S/C23H24N4O3S/c28-21(24-12-18-14-29-19-8-4-5-9-20(19)30-18)15-31-23-26-25-22(17-10-11-17)27(23)13-16-6-2-1-3-7-16/h1-9,17-18H,10-15H2,(H,24,28)/t18-/m1/s1. The van der Waals surface area contributed by atoms with Crippen LogP contribution in [0.2, 0.25) is 0 Å². The smallest absolute Gasteiger partial charge is 0.230 e. The Labute approximate surface area is 185 Å². The summed E-state index contributed by atoms with van der Waals surface area (Å²) in [6.07, 6.45) is 2.11. The van der Waals surface area contributed by atoms with Crippen molar-refractivity contribution in [1.29, 1.82) is 0 Å². The van der Waals surface area contributed by atoms with Crippen LogP contribution in [0.25, 0.3) is 0 Å². The number of para-hydroxylation sites is 2. The molecule has 0 saturated heterocycles. The van der Waals surface area contributed by atoms with E-state index < -0.39 is 0 Å². The Bertz CT molecular complexity index is 1050. The van der Waals surface area contributed by atoms with Crippen molar-refractivity contribution < 1.29 is 14.3 Å². The van der Waals surface area contributed by atoms with Gasteiger partial charge in [-0.1, -0.05) is 54.2 Å². The summed E-state index contributed by atoms with van der Waals surface area (Å²) in [7, 11) is 0. The maximum Gasteiger partial charge on any atom is 0.230 e. The molecule has 0 unspecified atom stereocenters. The summed E-state index contributed by atoms with van der Waals surface area (Å²) in [6, 6.07) is 17.8. The Balaban J connectivity index is 1.16. The van der Waals surface area contributed by atoms with Crippen LogP contribution in [0.15, 0.2) is 59.8 Å². The average Bonchev–Trinajstić information content (AvgIpc) is 3.58. The highest BCUT2D eigenvalue weighted by atomic mass is 32.2. The molecule has 2 aliphatic rings. The number of nitrogens with one attached hydrogen (secondary N) is 1. The minimum atomic E-state index is -0.202. The molecule has 1 saturated carbocycles. The molecule has 1 fully saturated rings. The van der Waals surface area contributed by atoms with Crippen molar-refractivity contribution in [2.24, 2.45) is 0 Å². The lowest BCUT2D eigenvalue weighted by molar-refractivity contribution is -0.119. The number of fused-ring (bicyclic) bond motifs is 1. The van der Waals surface area contributed by atoms with Gasteiger partial charge in [-0.2, -0.15) is 0 Å². The highest BCUT2D eigenvalue weighted by Gasteiger charge is 2.30. The topological polar surface area (TPSA) is 78.3 Å². The number of amides is 1. The largest absolute Gasteiger partial charge is 0.486 e. The Morgan fingerprint density at radius 3 is 2.65 bits per heavy atom. The van der Waals surface area contributed by atoms with Crippen molar-refractivity contribution in [2.45, 2.75) is 36.6 Å². The molecule has 1 N–H and O–H groups in total. The predicted molar refractivity (Wildman–Crippen MR) is 118 cm³/mol. The van der Waals surface area contributed by atoms with Gasteiger partial charge in [-0.05, 0) is 30.5 Å². The number of hydrogen-bond donors (Lipinski definition) is 1. The molecule has 0 bridgehead atoms. The molecule has 0 spiro atoms. The summed E-state index contributed by atoms with van der Waals surface area (Å²) in [5.74, 6) is 3.19. The van der Waals surface area contributed by atoms with Gasteiger partial charge >= 0.3 is 0 Å². The van der Waals surface area contributed by atoms with Gasteiger partial charge in [0.1, 0.15) is 18.5 Å². The quantitative estimate of drug-likeness (QED) is 0.546. The zero-order chi connectivity index (χ0) is 21.0. The first-order valence-electron chi connectivity index (χ1n) is 10.5. The minimum Gasteiger partial charge on any atom is -0.486 e. The molecular formula is C23H24N4O3S. The summed E-state index contributed by atoms with van der Waals surface area (Å²) in [5.41, 5.74) is 1.20. The van der Waals surface area contributed by atoms with Gasteiger partial charge in [-0.25, -0.2) is 0 Å². The number of rotatable bonds is 8. The van der Waals surface area contributed by atoms with Gasteiger partial charge < -0.3 is 19.4 Å². The second-order valence-electron chi connectivity index (χ2n) is 7.78. The van der Waals surface area contributed by atoms with Crippen molar-refractivity contribution in [3.63, 3.8) is 0 Å². The molecule has 3 aromatic rings. The lowest BCUT2D eigenvalue weighted by Gasteiger charge is -2.26. The van der Waals surface area contributed by atoms with Gasteiger partial charge in [0.2, 0.25) is 5.91 Å². The first-order valence-corrected chi connectivity index (χ1v) is 11.5. The number of benzene rings is 2. The number of thioether (sulfide) groups is 1. The van der Waals surface area contributed by atoms with E-state index in [1.807, 2.05) is 42.5 Å². The molecule has 7 nitrogen and oxygen atoms in total. The van der Waals surface area contributed by atoms with Crippen LogP contribution in [-0.4, -0.2) is 45.7 Å². The first-order chi connectivity index (χ1) is 15.3. The van der Waals surface area contributed by atoms with Crippen LogP contribution < -0.4 is 14.8 Å². The van der Waals surface area contributed by atoms with Gasteiger partial charge in [-0.15, -0.1) is 10.2 Å². The Kier molecular flexibility index (Phi) is 5.80. The summed E-state index contributed by atoms with van der Waals surface area (Å²) >= 11 is 1.42. The van der Waals surface area contributed by atoms with Gasteiger partial charge in [-0.3, -0.25) is 4.79 Å². The molecule has 1 atom stereocenters. The van der Waals surface area contributed by atoms with E-state index in [-0.39, 0.29) is 17.8 Å². The molecule has 31 heavy (non-hydrogen) atoms. The van der Waals surface area contributed by atoms with E-state index in [9.17, 15) is 4.79 Å². The lowest BCUT2D eigenvalue weighted by Crippen LogP contribution is -2.41. The molecule has 2 heterocycles. The third-order valence-corrected chi connectivity index (χ3v) is 6.27. The average molecular weight is 437 g/mol. The fourth-order valence-electron chi connectivity index (χ4n) is 3.54. The number of ether oxygens (including phenoxy) is 2. The number of hydrogen-bond acceptors (Lipinski definition) is 6. The second-order valence-corrected chi connectivity index (χ2v) is 8.72. The zero-order valence-electron chi connectivity index (χ0n) is 17.1. The van der Waals surface area contributed by atoms with Crippen LogP contribution >= 0.6 is 11.8 Å². The lowest BCUT2D eigenvalue weighted by atomic mass is 10.2. The van der Waals surface area contributed by atoms with Crippen molar-refractivity contribution in [2.75, 3.05) is 18.9 Å². The summed E-state index contributed by atoms with van der Waals surface area (Å²) in [6.45, 7) is 1.54. The van der Waals surface area contributed by atoms with Gasteiger partial charge in [0.05, 0.1) is 18.8 Å². The monoisotopic (exact) mass is 436 g/mol. The van der Waals surface area contributed by atoms with Crippen LogP contribution in [0.4, 0.5) is 0 Å². The third-order valence-electron chi connectivity index (χ3n) is 5.30. The number of aromatic nitrogens is 3. The van der Waals surface area contributed by atoms with Crippen LogP contribution in [0, 0.1) is 0 Å². The van der Waals surface area contributed by atoms with Crippen molar-refractivity contribution in [3.8, 4) is 11.5 Å². The van der Waals surface area contributed by atoms with E-state index in [1.54, 1.807) is 0 Å². The maximum absolute atomic E-state index is 12.4. The van der Waals surface area contributed by atoms with E-state index in [1.165, 1.54) is 17.3 Å². The molecule has 1 aliphatic heterocycles. The van der Waals surface area contributed by atoms with Crippen LogP contribution in [0.1, 0.15) is 30.1 Å². The van der Waals surface area contributed by atoms with Crippen molar-refractivity contribution in [1.82, 2.24) is 20.1 Å². The van der Waals surface area contributed by atoms with Crippen LogP contribution in [0.3, 0.4) is 0 Å². The maximum atomic E-state index is 12.4. The van der Waals surface area contributed by atoms with Crippen LogP contribution in [0.5, 0.6) is 11.5 Å². The van der Waals surface area contributed by atoms with Gasteiger partial charge in [0, 0.05) is 5.92 Å². The zero-order valence-corrected chi connectivity index (χ0v) is 17.9. The number of nitrogens with zero attached hydrogens (tertiary/aromatic N) is 3. The minimum absolute atomic E-state index is 0.0605. The van der Waals surface area contributed by atoms with Gasteiger partial charge in [0.25, 0.3) is 0 Å². The Hall–Kier alpha value is -3.00. The first kappa shape index (κ1) is 19.9. The predicted octanol–water partition coefficient (Wildman–Crippen LogP) is 3.25. The van der Waals surface area contributed by atoms with E-state index in [4.69, 9.17) is 9.47 Å². The summed E-state index contributed by atoms with van der Waals surface area (Å²) in [4.78, 5) is 12.4. The summed E-state index contributed by atoms with van der Waals surface area (Å²) < 4.78 is 13.7. The molecule has 0 radical (unpaired) electrons. The molecule has 8 heteroatoms. The molecule has 5 rings (SSSR count). The Morgan fingerprint density at radius 2 is 1.84 bits per heavy atom.